The number of benzene rings is 2. The van der Waals surface area contributed by atoms with Gasteiger partial charge in [-0.2, -0.15) is 0 Å². The summed E-state index contributed by atoms with van der Waals surface area (Å²) in [6.45, 7) is 5.77. The Morgan fingerprint density at radius 3 is 2.26 bits per heavy atom. The van der Waals surface area contributed by atoms with Gasteiger partial charge in [-0.15, -0.1) is 0 Å². The predicted octanol–water partition coefficient (Wildman–Crippen LogP) is 4.78. The van der Waals surface area contributed by atoms with Crippen LogP contribution in [-0.4, -0.2) is 43.2 Å². The maximum atomic E-state index is 13.7. The first-order valence-corrected chi connectivity index (χ1v) is 11.6. The van der Waals surface area contributed by atoms with Crippen molar-refractivity contribution in [2.75, 3.05) is 6.61 Å². The second-order valence-corrected chi connectivity index (χ2v) is 10.6. The standard InChI is InChI=1S/C27H32FNO5/c1-25(2,16-30)24-23(26(3)11-13-27(34,14-12-26)15-21(32)33)22-19(5-4-6-20(22)31)29(24)18-9-7-17(28)8-10-18/h4-10,30-31,34H,11-16H2,1-3H3,(H,32,33). The number of carboxylic acids is 1. The molecule has 7 heteroatoms. The molecule has 1 aromatic heterocycles. The van der Waals surface area contributed by atoms with Gasteiger partial charge < -0.3 is 25.0 Å². The number of carboxylic acid groups (broad SMARTS) is 1. The lowest BCUT2D eigenvalue weighted by molar-refractivity contribution is -0.144. The summed E-state index contributed by atoms with van der Waals surface area (Å²) >= 11 is 0. The second-order valence-electron chi connectivity index (χ2n) is 10.6. The molecule has 0 amide bonds. The van der Waals surface area contributed by atoms with Gasteiger partial charge >= 0.3 is 5.97 Å². The third-order valence-corrected chi connectivity index (χ3v) is 7.46. The Morgan fingerprint density at radius 1 is 1.09 bits per heavy atom. The lowest BCUT2D eigenvalue weighted by Crippen LogP contribution is -2.42. The lowest BCUT2D eigenvalue weighted by Gasteiger charge is -2.43. The highest BCUT2D eigenvalue weighted by Crippen LogP contribution is 2.52. The molecule has 6 nitrogen and oxygen atoms in total. The topological polar surface area (TPSA) is 103 Å². The van der Waals surface area contributed by atoms with E-state index in [0.29, 0.717) is 36.8 Å². The molecule has 2 aromatic carbocycles. The van der Waals surface area contributed by atoms with Crippen molar-refractivity contribution < 1.29 is 29.6 Å². The van der Waals surface area contributed by atoms with Crippen molar-refractivity contribution in [1.29, 1.82) is 0 Å². The number of hydrogen-bond acceptors (Lipinski definition) is 4. The van der Waals surface area contributed by atoms with Gasteiger partial charge in [-0.25, -0.2) is 4.39 Å². The second kappa shape index (κ2) is 8.40. The number of aromatic nitrogens is 1. The predicted molar refractivity (Wildman–Crippen MR) is 128 cm³/mol. The number of phenols is 1. The van der Waals surface area contributed by atoms with Gasteiger partial charge in [0.15, 0.2) is 0 Å². The molecule has 0 unspecified atom stereocenters. The fourth-order valence-electron chi connectivity index (χ4n) is 5.46. The first-order valence-electron chi connectivity index (χ1n) is 11.6. The minimum Gasteiger partial charge on any atom is -0.507 e. The van der Waals surface area contributed by atoms with Crippen LogP contribution in [0.15, 0.2) is 42.5 Å². The van der Waals surface area contributed by atoms with E-state index in [1.165, 1.54) is 12.1 Å². The zero-order chi connectivity index (χ0) is 24.9. The summed E-state index contributed by atoms with van der Waals surface area (Å²) < 4.78 is 15.7. The maximum Gasteiger partial charge on any atom is 0.306 e. The number of phenolic OH excluding ortho intramolecular Hbond substituents is 1. The first kappa shape index (κ1) is 24.2. The molecular weight excluding hydrogens is 437 g/mol. The monoisotopic (exact) mass is 469 g/mol. The number of fused-ring (bicyclic) bond motifs is 1. The van der Waals surface area contributed by atoms with Crippen LogP contribution in [0.2, 0.25) is 0 Å². The number of aliphatic hydroxyl groups excluding tert-OH is 1. The molecular formula is C27H32FNO5. The van der Waals surface area contributed by atoms with Gasteiger partial charge in [0.05, 0.1) is 24.1 Å². The van der Waals surface area contributed by atoms with Gasteiger partial charge in [-0.05, 0) is 73.1 Å². The number of carbonyl (C=O) groups is 1. The molecule has 4 rings (SSSR count). The molecule has 3 aromatic rings. The van der Waals surface area contributed by atoms with Crippen LogP contribution in [0.5, 0.6) is 5.75 Å². The van der Waals surface area contributed by atoms with Crippen molar-refractivity contribution in [3.8, 4) is 11.4 Å². The van der Waals surface area contributed by atoms with E-state index in [-0.39, 0.29) is 24.6 Å². The van der Waals surface area contributed by atoms with Gasteiger partial charge in [-0.1, -0.05) is 26.8 Å². The van der Waals surface area contributed by atoms with E-state index in [1.54, 1.807) is 24.3 Å². The van der Waals surface area contributed by atoms with Crippen LogP contribution in [0.4, 0.5) is 4.39 Å². The molecule has 0 spiro atoms. The summed E-state index contributed by atoms with van der Waals surface area (Å²) in [5, 5.41) is 42.2. The number of rotatable bonds is 6. The minimum atomic E-state index is -1.27. The SMILES string of the molecule is CC(C)(CO)c1c(C2(C)CCC(O)(CC(=O)O)CC2)c2c(O)cccc2n1-c1ccc(F)cc1. The maximum absolute atomic E-state index is 13.7. The average Bonchev–Trinajstić information content (AvgIpc) is 3.14. The van der Waals surface area contributed by atoms with Crippen molar-refractivity contribution in [3.05, 3.63) is 59.5 Å². The molecule has 34 heavy (non-hydrogen) atoms. The van der Waals surface area contributed by atoms with E-state index in [0.717, 1.165) is 16.8 Å². The summed E-state index contributed by atoms with van der Waals surface area (Å²) in [6.07, 6.45) is 1.35. The molecule has 1 aliphatic rings. The van der Waals surface area contributed by atoms with E-state index in [2.05, 4.69) is 6.92 Å². The van der Waals surface area contributed by atoms with Gasteiger partial charge in [0.1, 0.15) is 11.6 Å². The number of aromatic hydroxyl groups is 1. The van der Waals surface area contributed by atoms with Crippen LogP contribution in [-0.2, 0) is 15.6 Å². The lowest BCUT2D eigenvalue weighted by atomic mass is 9.63. The first-order chi connectivity index (χ1) is 15.9. The van der Waals surface area contributed by atoms with Gasteiger partial charge in [0.2, 0.25) is 0 Å². The average molecular weight is 470 g/mol. The van der Waals surface area contributed by atoms with Crippen LogP contribution >= 0.6 is 0 Å². The van der Waals surface area contributed by atoms with Crippen molar-refractivity contribution in [2.24, 2.45) is 0 Å². The van der Waals surface area contributed by atoms with Crippen molar-refractivity contribution in [1.82, 2.24) is 4.57 Å². The van der Waals surface area contributed by atoms with Gasteiger partial charge in [0, 0.05) is 22.2 Å². The van der Waals surface area contributed by atoms with E-state index in [1.807, 2.05) is 24.5 Å². The number of nitrogens with zero attached hydrogens (tertiary/aromatic N) is 1. The molecule has 1 heterocycles. The molecule has 0 atom stereocenters. The molecule has 4 N–H and O–H groups in total. The molecule has 1 fully saturated rings. The van der Waals surface area contributed by atoms with E-state index in [9.17, 15) is 29.6 Å². The normalized spacial score (nSPS) is 23.4. The van der Waals surface area contributed by atoms with Crippen molar-refractivity contribution in [3.63, 3.8) is 0 Å². The summed E-state index contributed by atoms with van der Waals surface area (Å²) in [7, 11) is 0. The van der Waals surface area contributed by atoms with Crippen LogP contribution in [0, 0.1) is 5.82 Å². The Balaban J connectivity index is 2.00. The Bertz CT molecular complexity index is 1220. The van der Waals surface area contributed by atoms with Crippen molar-refractivity contribution >= 4 is 16.9 Å². The Labute approximate surface area is 198 Å². The molecule has 182 valence electrons. The number of halogens is 1. The summed E-state index contributed by atoms with van der Waals surface area (Å²) in [5.74, 6) is -1.28. The number of aliphatic carboxylic acids is 1. The number of aliphatic hydroxyl groups is 2. The highest BCUT2D eigenvalue weighted by molar-refractivity contribution is 5.94. The molecule has 0 saturated heterocycles. The minimum absolute atomic E-state index is 0.107. The molecule has 0 radical (unpaired) electrons. The van der Waals surface area contributed by atoms with Gasteiger partial charge in [-0.3, -0.25) is 4.79 Å². The summed E-state index contributed by atoms with van der Waals surface area (Å²) in [5.41, 5.74) is 0.662. The highest BCUT2D eigenvalue weighted by Gasteiger charge is 2.46. The van der Waals surface area contributed by atoms with Crippen LogP contribution in [0.1, 0.15) is 64.1 Å². The zero-order valence-electron chi connectivity index (χ0n) is 19.8. The Hall–Kier alpha value is -2.90. The summed E-state index contributed by atoms with van der Waals surface area (Å²) in [6, 6.07) is 11.4. The largest absolute Gasteiger partial charge is 0.507 e. The third kappa shape index (κ3) is 4.07. The Morgan fingerprint density at radius 2 is 1.71 bits per heavy atom. The highest BCUT2D eigenvalue weighted by atomic mass is 19.1. The quantitative estimate of drug-likeness (QED) is 0.416. The van der Waals surface area contributed by atoms with Crippen LogP contribution in [0.25, 0.3) is 16.6 Å². The molecule has 1 saturated carbocycles. The molecule has 0 aliphatic heterocycles. The Kier molecular flexibility index (Phi) is 5.98. The molecule has 1 aliphatic carbocycles. The third-order valence-electron chi connectivity index (χ3n) is 7.46. The number of hydrogen-bond donors (Lipinski definition) is 4. The smallest absolute Gasteiger partial charge is 0.306 e. The zero-order valence-corrected chi connectivity index (χ0v) is 19.8. The van der Waals surface area contributed by atoms with Crippen LogP contribution < -0.4 is 0 Å². The van der Waals surface area contributed by atoms with E-state index in [4.69, 9.17) is 0 Å². The van der Waals surface area contributed by atoms with Crippen LogP contribution in [0.3, 0.4) is 0 Å². The summed E-state index contributed by atoms with van der Waals surface area (Å²) in [4.78, 5) is 11.3. The van der Waals surface area contributed by atoms with Crippen molar-refractivity contribution in [2.45, 2.75) is 69.3 Å². The fraction of sp³-hybridized carbons (Fsp3) is 0.444. The fourth-order valence-corrected chi connectivity index (χ4v) is 5.46. The van der Waals surface area contributed by atoms with Gasteiger partial charge in [0.25, 0.3) is 0 Å². The molecule has 0 bridgehead atoms. The van der Waals surface area contributed by atoms with E-state index >= 15 is 0 Å². The van der Waals surface area contributed by atoms with E-state index < -0.39 is 22.4 Å².